The van der Waals surface area contributed by atoms with E-state index in [1.54, 1.807) is 0 Å². The van der Waals surface area contributed by atoms with Gasteiger partial charge in [0.2, 0.25) is 5.91 Å². The smallest absolute Gasteiger partial charge is 0.236 e. The lowest BCUT2D eigenvalue weighted by Gasteiger charge is -2.29. The number of hydrogen-bond acceptors (Lipinski definition) is 3. The van der Waals surface area contributed by atoms with Crippen LogP contribution in [0.4, 0.5) is 10.1 Å². The van der Waals surface area contributed by atoms with Crippen molar-refractivity contribution in [2.45, 2.75) is 39.7 Å². The lowest BCUT2D eigenvalue weighted by Crippen LogP contribution is -2.43. The summed E-state index contributed by atoms with van der Waals surface area (Å²) in [6.07, 6.45) is 2.04. The zero-order valence-electron chi connectivity index (χ0n) is 16.0. The summed E-state index contributed by atoms with van der Waals surface area (Å²) in [5.41, 5.74) is 1.05. The highest BCUT2D eigenvalue weighted by Crippen LogP contribution is 2.17. The minimum Gasteiger partial charge on any atom is -0.370 e. The first-order valence-corrected chi connectivity index (χ1v) is 9.35. The van der Waals surface area contributed by atoms with Crippen LogP contribution in [-0.2, 0) is 4.79 Å². The lowest BCUT2D eigenvalue weighted by molar-refractivity contribution is -0.133. The second-order valence-corrected chi connectivity index (χ2v) is 7.58. The fourth-order valence-corrected chi connectivity index (χ4v) is 3.43. The molecule has 1 aromatic rings. The van der Waals surface area contributed by atoms with E-state index in [-0.39, 0.29) is 17.8 Å². The fraction of sp³-hybridized carbons (Fsp3) is 0.650. The average molecular weight is 349 g/mol. The van der Waals surface area contributed by atoms with Gasteiger partial charge >= 0.3 is 0 Å². The first-order valence-electron chi connectivity index (χ1n) is 9.35. The molecule has 25 heavy (non-hydrogen) atoms. The minimum absolute atomic E-state index is 0.198. The molecule has 0 N–H and O–H groups in total. The van der Waals surface area contributed by atoms with Gasteiger partial charge in [-0.05, 0) is 49.9 Å². The Morgan fingerprint density at radius 2 is 1.80 bits per heavy atom. The lowest BCUT2D eigenvalue weighted by atomic mass is 10.0. The Morgan fingerprint density at radius 3 is 2.44 bits per heavy atom. The van der Waals surface area contributed by atoms with Crippen LogP contribution in [-0.4, -0.2) is 61.5 Å². The summed E-state index contributed by atoms with van der Waals surface area (Å²) in [7, 11) is 1.91. The molecule has 0 aromatic heterocycles. The largest absolute Gasteiger partial charge is 0.370 e. The zero-order chi connectivity index (χ0) is 18.4. The molecule has 1 aromatic carbocycles. The minimum atomic E-state index is -0.204. The standard InChI is InChI=1S/C20H32FN3O/c1-16(2)14-17(3)22(4)20(25)15-23-10-5-11-24(13-12-23)19-8-6-18(21)7-9-19/h6-9,16-17H,5,10-15H2,1-4H3. The Bertz CT molecular complexity index is 546. The number of nitrogens with zero attached hydrogens (tertiary/aromatic N) is 3. The van der Waals surface area contributed by atoms with E-state index in [0.29, 0.717) is 12.5 Å². The van der Waals surface area contributed by atoms with Crippen LogP contribution in [0.5, 0.6) is 0 Å². The summed E-state index contributed by atoms with van der Waals surface area (Å²) >= 11 is 0. The highest BCUT2D eigenvalue weighted by molar-refractivity contribution is 5.78. The van der Waals surface area contributed by atoms with Crippen LogP contribution in [0.3, 0.4) is 0 Å². The van der Waals surface area contributed by atoms with Crippen molar-refractivity contribution in [1.82, 2.24) is 9.80 Å². The quantitative estimate of drug-likeness (QED) is 0.789. The zero-order valence-corrected chi connectivity index (χ0v) is 16.0. The maximum Gasteiger partial charge on any atom is 0.236 e. The summed E-state index contributed by atoms with van der Waals surface area (Å²) in [6, 6.07) is 6.95. The van der Waals surface area contributed by atoms with Crippen LogP contribution < -0.4 is 4.90 Å². The van der Waals surface area contributed by atoms with E-state index in [1.807, 2.05) is 24.1 Å². The second kappa shape index (κ2) is 9.18. The number of benzene rings is 1. The van der Waals surface area contributed by atoms with Crippen molar-refractivity contribution < 1.29 is 9.18 Å². The molecule has 0 radical (unpaired) electrons. The van der Waals surface area contributed by atoms with Gasteiger partial charge in [0.15, 0.2) is 0 Å². The van der Waals surface area contributed by atoms with E-state index >= 15 is 0 Å². The molecular weight excluding hydrogens is 317 g/mol. The van der Waals surface area contributed by atoms with Crippen molar-refractivity contribution in [2.75, 3.05) is 44.7 Å². The molecule has 0 spiro atoms. The molecular formula is C20H32FN3O. The predicted molar refractivity (Wildman–Crippen MR) is 101 cm³/mol. The third-order valence-electron chi connectivity index (χ3n) is 5.01. The van der Waals surface area contributed by atoms with E-state index in [9.17, 15) is 9.18 Å². The van der Waals surface area contributed by atoms with E-state index in [0.717, 1.165) is 44.7 Å². The maximum absolute atomic E-state index is 13.1. The Hall–Kier alpha value is -1.62. The van der Waals surface area contributed by atoms with E-state index in [2.05, 4.69) is 30.6 Å². The van der Waals surface area contributed by atoms with Crippen molar-refractivity contribution in [3.63, 3.8) is 0 Å². The number of carbonyl (C=O) groups is 1. The normalized spacial score (nSPS) is 17.4. The SMILES string of the molecule is CC(C)CC(C)N(C)C(=O)CN1CCCN(c2ccc(F)cc2)CC1. The predicted octanol–water partition coefficient (Wildman–Crippen LogP) is 3.23. The van der Waals surface area contributed by atoms with Crippen molar-refractivity contribution in [1.29, 1.82) is 0 Å². The van der Waals surface area contributed by atoms with Crippen molar-refractivity contribution in [3.05, 3.63) is 30.1 Å². The molecule has 1 unspecified atom stereocenters. The Morgan fingerprint density at radius 1 is 1.12 bits per heavy atom. The van der Waals surface area contributed by atoms with Gasteiger partial charge in [-0.15, -0.1) is 0 Å². The summed E-state index contributed by atoms with van der Waals surface area (Å²) in [5.74, 6) is 0.584. The van der Waals surface area contributed by atoms with Gasteiger partial charge in [0.1, 0.15) is 5.82 Å². The van der Waals surface area contributed by atoms with Gasteiger partial charge < -0.3 is 9.80 Å². The van der Waals surface area contributed by atoms with E-state index in [1.165, 1.54) is 12.1 Å². The van der Waals surface area contributed by atoms with Crippen LogP contribution in [0.15, 0.2) is 24.3 Å². The highest BCUT2D eigenvalue weighted by Gasteiger charge is 2.21. The van der Waals surface area contributed by atoms with Gasteiger partial charge in [-0.1, -0.05) is 13.8 Å². The summed E-state index contributed by atoms with van der Waals surface area (Å²) in [4.78, 5) is 19.0. The van der Waals surface area contributed by atoms with Gasteiger partial charge in [-0.3, -0.25) is 9.69 Å². The summed E-state index contributed by atoms with van der Waals surface area (Å²) < 4.78 is 13.1. The van der Waals surface area contributed by atoms with Crippen LogP contribution in [0.1, 0.15) is 33.6 Å². The topological polar surface area (TPSA) is 26.8 Å². The third-order valence-corrected chi connectivity index (χ3v) is 5.01. The molecule has 0 saturated carbocycles. The molecule has 4 nitrogen and oxygen atoms in total. The number of amides is 1. The average Bonchev–Trinajstić information content (AvgIpc) is 2.80. The fourth-order valence-electron chi connectivity index (χ4n) is 3.43. The third kappa shape index (κ3) is 5.99. The van der Waals surface area contributed by atoms with Crippen molar-refractivity contribution in [2.24, 2.45) is 5.92 Å². The molecule has 0 aliphatic carbocycles. The molecule has 1 aliphatic heterocycles. The van der Waals surface area contributed by atoms with Gasteiger partial charge in [0.05, 0.1) is 6.54 Å². The first kappa shape index (κ1) is 19.7. The molecule has 1 atom stereocenters. The molecule has 1 heterocycles. The van der Waals surface area contributed by atoms with E-state index < -0.39 is 0 Å². The first-order chi connectivity index (χ1) is 11.9. The number of carbonyl (C=O) groups excluding carboxylic acids is 1. The molecule has 1 fully saturated rings. The molecule has 2 rings (SSSR count). The molecule has 1 amide bonds. The van der Waals surface area contributed by atoms with Crippen LogP contribution in [0, 0.1) is 11.7 Å². The summed E-state index contributed by atoms with van der Waals surface area (Å²) in [5, 5.41) is 0. The highest BCUT2D eigenvalue weighted by atomic mass is 19.1. The van der Waals surface area contributed by atoms with Crippen LogP contribution in [0.2, 0.25) is 0 Å². The van der Waals surface area contributed by atoms with Crippen molar-refractivity contribution in [3.8, 4) is 0 Å². The number of hydrogen-bond donors (Lipinski definition) is 0. The number of likely N-dealkylation sites (N-methyl/N-ethyl adjacent to an activating group) is 1. The monoisotopic (exact) mass is 349 g/mol. The van der Waals surface area contributed by atoms with Crippen LogP contribution in [0.25, 0.3) is 0 Å². The number of rotatable bonds is 6. The van der Waals surface area contributed by atoms with Crippen molar-refractivity contribution >= 4 is 11.6 Å². The van der Waals surface area contributed by atoms with Gasteiger partial charge in [0, 0.05) is 45.0 Å². The van der Waals surface area contributed by atoms with Gasteiger partial charge in [-0.2, -0.15) is 0 Å². The Balaban J connectivity index is 1.86. The Labute approximate surface area is 151 Å². The summed E-state index contributed by atoms with van der Waals surface area (Å²) in [6.45, 7) is 10.6. The second-order valence-electron chi connectivity index (χ2n) is 7.58. The van der Waals surface area contributed by atoms with Crippen LogP contribution >= 0.6 is 0 Å². The maximum atomic E-state index is 13.1. The molecule has 1 saturated heterocycles. The molecule has 0 bridgehead atoms. The molecule has 140 valence electrons. The van der Waals surface area contributed by atoms with E-state index in [4.69, 9.17) is 0 Å². The Kier molecular flexibility index (Phi) is 7.24. The van der Waals surface area contributed by atoms with Gasteiger partial charge in [-0.25, -0.2) is 4.39 Å². The molecule has 5 heteroatoms. The molecule has 1 aliphatic rings. The van der Waals surface area contributed by atoms with Gasteiger partial charge in [0.25, 0.3) is 0 Å². The number of anilines is 1. The number of halogens is 1.